The Morgan fingerprint density at radius 2 is 1.95 bits per heavy atom. The van der Waals surface area contributed by atoms with Crippen LogP contribution in [0.15, 0.2) is 18.7 Å². The van der Waals surface area contributed by atoms with E-state index in [-0.39, 0.29) is 28.2 Å². The van der Waals surface area contributed by atoms with Gasteiger partial charge in [0.15, 0.2) is 11.5 Å². The van der Waals surface area contributed by atoms with E-state index in [1.165, 1.54) is 0 Å². The molecule has 0 aromatic heterocycles. The van der Waals surface area contributed by atoms with Gasteiger partial charge >= 0.3 is 0 Å². The van der Waals surface area contributed by atoms with Gasteiger partial charge in [-0.3, -0.25) is 0 Å². The Kier molecular flexibility index (Phi) is 3.33. The molecule has 3 N–H and O–H groups in total. The Morgan fingerprint density at radius 3 is 2.59 bits per heavy atom. The molecule has 0 saturated heterocycles. The van der Waals surface area contributed by atoms with Crippen molar-refractivity contribution in [2.45, 2.75) is 58.0 Å². The number of hydrogen-bond donors (Lipinski definition) is 3. The van der Waals surface area contributed by atoms with Gasteiger partial charge in [-0.2, -0.15) is 0 Å². The van der Waals surface area contributed by atoms with Gasteiger partial charge in [-0.15, -0.1) is 6.58 Å². The highest BCUT2D eigenvalue weighted by molar-refractivity contribution is 5.56. The second-order valence-corrected chi connectivity index (χ2v) is 7.75. The van der Waals surface area contributed by atoms with Crippen molar-refractivity contribution in [1.82, 2.24) is 0 Å². The first-order chi connectivity index (χ1) is 10.2. The second kappa shape index (κ2) is 4.76. The van der Waals surface area contributed by atoms with Gasteiger partial charge in [0.05, 0.1) is 6.10 Å². The molecule has 1 aromatic carbocycles. The molecule has 0 spiro atoms. The third-order valence-electron chi connectivity index (χ3n) is 6.36. The lowest BCUT2D eigenvalue weighted by atomic mass is 9.52. The maximum absolute atomic E-state index is 10.8. The van der Waals surface area contributed by atoms with E-state index < -0.39 is 6.10 Å². The van der Waals surface area contributed by atoms with E-state index in [4.69, 9.17) is 0 Å². The van der Waals surface area contributed by atoms with Crippen molar-refractivity contribution >= 4 is 0 Å². The van der Waals surface area contributed by atoms with Gasteiger partial charge in [0.25, 0.3) is 0 Å². The molecule has 22 heavy (non-hydrogen) atoms. The lowest BCUT2D eigenvalue weighted by Crippen LogP contribution is -2.50. The van der Waals surface area contributed by atoms with Crippen LogP contribution in [0, 0.1) is 18.3 Å². The molecule has 2 aliphatic rings. The van der Waals surface area contributed by atoms with Gasteiger partial charge in [0.2, 0.25) is 0 Å². The van der Waals surface area contributed by atoms with Crippen LogP contribution in [0.5, 0.6) is 11.5 Å². The summed E-state index contributed by atoms with van der Waals surface area (Å²) in [6.07, 6.45) is 5.04. The number of benzene rings is 1. The first-order valence-electron chi connectivity index (χ1n) is 8.08. The van der Waals surface area contributed by atoms with Crippen LogP contribution in [0.3, 0.4) is 0 Å². The smallest absolute Gasteiger partial charge is 0.160 e. The molecule has 3 nitrogen and oxygen atoms in total. The average Bonchev–Trinajstić information content (AvgIpc) is 2.49. The lowest BCUT2D eigenvalue weighted by Gasteiger charge is -2.53. The number of aliphatic hydroxyl groups excluding tert-OH is 1. The van der Waals surface area contributed by atoms with Crippen molar-refractivity contribution in [1.29, 1.82) is 0 Å². The van der Waals surface area contributed by atoms with Crippen LogP contribution in [0.2, 0.25) is 0 Å². The Morgan fingerprint density at radius 1 is 1.27 bits per heavy atom. The molecule has 1 aromatic rings. The predicted molar refractivity (Wildman–Crippen MR) is 87.2 cm³/mol. The van der Waals surface area contributed by atoms with Crippen LogP contribution < -0.4 is 0 Å². The first kappa shape index (κ1) is 15.4. The monoisotopic (exact) mass is 302 g/mol. The third kappa shape index (κ3) is 1.98. The summed E-state index contributed by atoms with van der Waals surface area (Å²) in [5, 5.41) is 30.8. The molecule has 3 heteroatoms. The molecular formula is C19H26O3. The highest BCUT2D eigenvalue weighted by atomic mass is 16.3. The SMILES string of the molecule is C=CC1(C)CCC2(C)c3cc(O)c(O)c(C)c3CC(O)C2C1. The Balaban J connectivity index is 2.15. The standard InChI is InChI=1S/C19H26O3/c1-5-18(3)6-7-19(4)13-9-16(21)17(22)11(2)12(13)8-15(20)14(19)10-18/h5,9,14-15,20-22H,1,6-8,10H2,2-4H3. The zero-order valence-corrected chi connectivity index (χ0v) is 13.7. The summed E-state index contributed by atoms with van der Waals surface area (Å²) in [5.74, 6) is 0.0458. The topological polar surface area (TPSA) is 60.7 Å². The zero-order chi connectivity index (χ0) is 16.3. The summed E-state index contributed by atoms with van der Waals surface area (Å²) in [5.41, 5.74) is 2.71. The van der Waals surface area contributed by atoms with E-state index >= 15 is 0 Å². The van der Waals surface area contributed by atoms with Gasteiger partial charge < -0.3 is 15.3 Å². The summed E-state index contributed by atoms with van der Waals surface area (Å²) in [4.78, 5) is 0. The fourth-order valence-corrected chi connectivity index (χ4v) is 4.59. The Hall–Kier alpha value is -1.48. The van der Waals surface area contributed by atoms with Gasteiger partial charge in [0.1, 0.15) is 0 Å². The number of rotatable bonds is 1. The summed E-state index contributed by atoms with van der Waals surface area (Å²) in [6.45, 7) is 10.2. The Bertz CT molecular complexity index is 636. The van der Waals surface area contributed by atoms with Crippen molar-refractivity contribution in [3.05, 3.63) is 35.4 Å². The van der Waals surface area contributed by atoms with Crippen molar-refractivity contribution in [3.63, 3.8) is 0 Å². The van der Waals surface area contributed by atoms with Crippen LogP contribution in [0.1, 0.15) is 49.8 Å². The number of aliphatic hydroxyl groups is 1. The van der Waals surface area contributed by atoms with Crippen molar-refractivity contribution in [2.24, 2.45) is 11.3 Å². The largest absolute Gasteiger partial charge is 0.504 e. The fourth-order valence-electron chi connectivity index (χ4n) is 4.59. The molecule has 3 rings (SSSR count). The molecule has 0 aliphatic heterocycles. The van der Waals surface area contributed by atoms with E-state index in [0.29, 0.717) is 12.0 Å². The normalized spacial score (nSPS) is 37.3. The third-order valence-corrected chi connectivity index (χ3v) is 6.36. The quantitative estimate of drug-likeness (QED) is 0.549. The van der Waals surface area contributed by atoms with Crippen LogP contribution in [0.4, 0.5) is 0 Å². The summed E-state index contributed by atoms with van der Waals surface area (Å²) in [7, 11) is 0. The van der Waals surface area contributed by atoms with E-state index in [9.17, 15) is 15.3 Å². The highest BCUT2D eigenvalue weighted by Gasteiger charge is 2.51. The lowest BCUT2D eigenvalue weighted by molar-refractivity contribution is -0.00695. The number of hydrogen-bond acceptors (Lipinski definition) is 3. The van der Waals surface area contributed by atoms with Crippen LogP contribution >= 0.6 is 0 Å². The molecule has 120 valence electrons. The molecule has 0 heterocycles. The van der Waals surface area contributed by atoms with E-state index in [1.807, 2.05) is 13.0 Å². The molecule has 0 radical (unpaired) electrons. The maximum atomic E-state index is 10.8. The van der Waals surface area contributed by atoms with Crippen LogP contribution in [-0.4, -0.2) is 21.4 Å². The molecule has 4 unspecified atom stereocenters. The number of fused-ring (bicyclic) bond motifs is 3. The number of phenols is 2. The summed E-state index contributed by atoms with van der Waals surface area (Å²) < 4.78 is 0. The van der Waals surface area contributed by atoms with Crippen molar-refractivity contribution in [2.75, 3.05) is 0 Å². The molecule has 1 fully saturated rings. The maximum Gasteiger partial charge on any atom is 0.160 e. The molecule has 0 bridgehead atoms. The van der Waals surface area contributed by atoms with Gasteiger partial charge in [-0.05, 0) is 72.1 Å². The second-order valence-electron chi connectivity index (χ2n) is 7.75. The highest BCUT2D eigenvalue weighted by Crippen LogP contribution is 2.56. The number of aromatic hydroxyl groups is 2. The van der Waals surface area contributed by atoms with E-state index in [2.05, 4.69) is 20.4 Å². The minimum Gasteiger partial charge on any atom is -0.504 e. The van der Waals surface area contributed by atoms with E-state index in [0.717, 1.165) is 30.4 Å². The number of allylic oxidation sites excluding steroid dienone is 1. The van der Waals surface area contributed by atoms with Gasteiger partial charge in [0, 0.05) is 0 Å². The number of phenolic OH excluding ortho intramolecular Hbond substituents is 2. The van der Waals surface area contributed by atoms with Crippen LogP contribution in [0.25, 0.3) is 0 Å². The molecular weight excluding hydrogens is 276 g/mol. The molecule has 0 amide bonds. The van der Waals surface area contributed by atoms with Gasteiger partial charge in [-0.25, -0.2) is 0 Å². The summed E-state index contributed by atoms with van der Waals surface area (Å²) >= 11 is 0. The minimum absolute atomic E-state index is 0.0512. The molecule has 4 atom stereocenters. The molecule has 2 aliphatic carbocycles. The predicted octanol–water partition coefficient (Wildman–Crippen LogP) is 3.57. The zero-order valence-electron chi connectivity index (χ0n) is 13.7. The minimum atomic E-state index is -0.417. The Labute approximate surface area is 132 Å². The molecule has 1 saturated carbocycles. The first-order valence-corrected chi connectivity index (χ1v) is 8.08. The van der Waals surface area contributed by atoms with Crippen molar-refractivity contribution in [3.8, 4) is 11.5 Å². The average molecular weight is 302 g/mol. The van der Waals surface area contributed by atoms with Crippen LogP contribution in [-0.2, 0) is 11.8 Å². The fraction of sp³-hybridized carbons (Fsp3) is 0.579. The van der Waals surface area contributed by atoms with E-state index in [1.54, 1.807) is 6.07 Å². The van der Waals surface area contributed by atoms with Gasteiger partial charge in [-0.1, -0.05) is 19.9 Å². The van der Waals surface area contributed by atoms with Crippen molar-refractivity contribution < 1.29 is 15.3 Å². The summed E-state index contributed by atoms with van der Waals surface area (Å²) in [6, 6.07) is 1.72.